The van der Waals surface area contributed by atoms with Gasteiger partial charge < -0.3 is 9.82 Å². The molecule has 1 aromatic carbocycles. The average molecular weight is 242 g/mol. The molecule has 1 heterocycles. The number of aromatic amines is 1. The second-order valence-corrected chi connectivity index (χ2v) is 4.63. The van der Waals surface area contributed by atoms with E-state index in [9.17, 15) is 4.79 Å². The molecular formula is C14H14N2O2. The van der Waals surface area contributed by atoms with Crippen LogP contribution in [0.5, 0.6) is 0 Å². The number of nitrogens with one attached hydrogen (secondary N) is 1. The molecule has 0 bridgehead atoms. The van der Waals surface area contributed by atoms with E-state index in [0.29, 0.717) is 0 Å². The summed E-state index contributed by atoms with van der Waals surface area (Å²) >= 11 is 0. The van der Waals surface area contributed by atoms with E-state index in [1.54, 1.807) is 6.21 Å². The monoisotopic (exact) mass is 242 g/mol. The number of carbonyl (C=O) groups excluding carboxylic acids is 1. The molecule has 0 amide bonds. The van der Waals surface area contributed by atoms with Crippen LogP contribution in [0, 0.1) is 12.8 Å². The van der Waals surface area contributed by atoms with Crippen LogP contribution in [-0.4, -0.2) is 17.2 Å². The third-order valence-corrected chi connectivity index (χ3v) is 3.18. The fraction of sp³-hybridized carbons (Fsp3) is 0.286. The van der Waals surface area contributed by atoms with E-state index < -0.39 is 0 Å². The van der Waals surface area contributed by atoms with E-state index in [2.05, 4.69) is 10.1 Å². The summed E-state index contributed by atoms with van der Waals surface area (Å²) in [6.45, 7) is 1.98. The van der Waals surface area contributed by atoms with E-state index in [-0.39, 0.29) is 11.9 Å². The Morgan fingerprint density at radius 1 is 1.44 bits per heavy atom. The van der Waals surface area contributed by atoms with Gasteiger partial charge in [0.25, 0.3) is 0 Å². The Labute approximate surface area is 105 Å². The number of nitrogens with zero attached hydrogens (tertiary/aromatic N) is 1. The maximum absolute atomic E-state index is 11.3. The molecule has 92 valence electrons. The summed E-state index contributed by atoms with van der Waals surface area (Å²) in [4.78, 5) is 19.5. The van der Waals surface area contributed by atoms with Crippen LogP contribution < -0.4 is 0 Å². The molecule has 0 spiro atoms. The molecule has 1 fully saturated rings. The van der Waals surface area contributed by atoms with Crippen molar-refractivity contribution in [1.82, 2.24) is 4.98 Å². The first kappa shape index (κ1) is 11.0. The fourth-order valence-electron chi connectivity index (χ4n) is 1.99. The normalized spacial score (nSPS) is 15.4. The Morgan fingerprint density at radius 2 is 2.22 bits per heavy atom. The highest BCUT2D eigenvalue weighted by Crippen LogP contribution is 2.30. The van der Waals surface area contributed by atoms with Crippen molar-refractivity contribution in [3.8, 4) is 0 Å². The zero-order chi connectivity index (χ0) is 12.5. The van der Waals surface area contributed by atoms with E-state index in [0.717, 1.165) is 35.0 Å². The second-order valence-electron chi connectivity index (χ2n) is 4.63. The number of carbonyl (C=O) groups is 1. The molecule has 1 aliphatic carbocycles. The fourth-order valence-corrected chi connectivity index (χ4v) is 1.99. The zero-order valence-electron chi connectivity index (χ0n) is 10.1. The maximum Gasteiger partial charge on any atom is 0.338 e. The number of aryl methyl sites for hydroxylation is 1. The van der Waals surface area contributed by atoms with Crippen molar-refractivity contribution in [3.63, 3.8) is 0 Å². The van der Waals surface area contributed by atoms with Crippen LogP contribution in [0.15, 0.2) is 29.4 Å². The van der Waals surface area contributed by atoms with Gasteiger partial charge in [-0.3, -0.25) is 0 Å². The first-order chi connectivity index (χ1) is 8.75. The molecule has 1 saturated carbocycles. The summed E-state index contributed by atoms with van der Waals surface area (Å²) in [6.07, 6.45) is 3.47. The molecule has 18 heavy (non-hydrogen) atoms. The van der Waals surface area contributed by atoms with Crippen molar-refractivity contribution in [1.29, 1.82) is 0 Å². The molecule has 4 nitrogen and oxygen atoms in total. The summed E-state index contributed by atoms with van der Waals surface area (Å²) in [7, 11) is 0. The summed E-state index contributed by atoms with van der Waals surface area (Å²) in [6, 6.07) is 7.98. The number of hydrogen-bond acceptors (Lipinski definition) is 3. The number of H-pyrrole nitrogens is 1. The van der Waals surface area contributed by atoms with Crippen molar-refractivity contribution in [2.45, 2.75) is 19.8 Å². The topological polar surface area (TPSA) is 54.4 Å². The minimum atomic E-state index is -0.219. The van der Waals surface area contributed by atoms with Gasteiger partial charge in [-0.2, -0.15) is 0 Å². The van der Waals surface area contributed by atoms with E-state index >= 15 is 0 Å². The van der Waals surface area contributed by atoms with Crippen LogP contribution in [0.25, 0.3) is 10.9 Å². The van der Waals surface area contributed by atoms with Crippen LogP contribution in [0.1, 0.15) is 24.1 Å². The van der Waals surface area contributed by atoms with Gasteiger partial charge >= 0.3 is 5.97 Å². The third kappa shape index (κ3) is 2.01. The first-order valence-electron chi connectivity index (χ1n) is 6.07. The van der Waals surface area contributed by atoms with Gasteiger partial charge in [-0.15, -0.1) is 0 Å². The quantitative estimate of drug-likeness (QED) is 0.511. The SMILES string of the molecule is Cc1[nH]c2ccccc2c1/C=N/OC(=O)C1CC1. The molecule has 1 aromatic heterocycles. The molecule has 0 atom stereocenters. The van der Waals surface area contributed by atoms with Gasteiger partial charge in [0.05, 0.1) is 12.1 Å². The summed E-state index contributed by atoms with van der Waals surface area (Å²) in [5.74, 6) is -0.144. The van der Waals surface area contributed by atoms with Gasteiger partial charge in [-0.1, -0.05) is 23.4 Å². The number of oxime groups is 1. The lowest BCUT2D eigenvalue weighted by Crippen LogP contribution is -2.01. The van der Waals surface area contributed by atoms with Crippen LogP contribution in [0.4, 0.5) is 0 Å². The standard InChI is InChI=1S/C14H14N2O2/c1-9-12(8-15-18-14(17)10-6-7-10)11-4-2-3-5-13(11)16-9/h2-5,8,10,16H,6-7H2,1H3/b15-8+. The number of fused-ring (bicyclic) bond motifs is 1. The molecule has 0 radical (unpaired) electrons. The molecule has 0 saturated heterocycles. The lowest BCUT2D eigenvalue weighted by Gasteiger charge is -1.94. The molecule has 4 heteroatoms. The third-order valence-electron chi connectivity index (χ3n) is 3.18. The predicted octanol–water partition coefficient (Wildman–Crippen LogP) is 2.76. The molecule has 0 aliphatic heterocycles. The van der Waals surface area contributed by atoms with Crippen LogP contribution >= 0.6 is 0 Å². The maximum atomic E-state index is 11.3. The minimum Gasteiger partial charge on any atom is -0.358 e. The van der Waals surface area contributed by atoms with E-state index in [4.69, 9.17) is 4.84 Å². The molecular weight excluding hydrogens is 228 g/mol. The van der Waals surface area contributed by atoms with Crippen LogP contribution in [0.3, 0.4) is 0 Å². The number of rotatable bonds is 3. The van der Waals surface area contributed by atoms with Crippen LogP contribution in [-0.2, 0) is 9.63 Å². The number of aromatic nitrogens is 1. The predicted molar refractivity (Wildman–Crippen MR) is 69.4 cm³/mol. The molecule has 1 N–H and O–H groups in total. The zero-order valence-corrected chi connectivity index (χ0v) is 10.1. The second kappa shape index (κ2) is 4.29. The Hall–Kier alpha value is -2.10. The smallest absolute Gasteiger partial charge is 0.338 e. The van der Waals surface area contributed by atoms with Crippen molar-refractivity contribution < 1.29 is 9.63 Å². The van der Waals surface area contributed by atoms with Gasteiger partial charge in [-0.25, -0.2) is 4.79 Å². The van der Waals surface area contributed by atoms with Gasteiger partial charge in [0.15, 0.2) is 0 Å². The Balaban J connectivity index is 1.82. The molecule has 0 unspecified atom stereocenters. The molecule has 2 aromatic rings. The highest BCUT2D eigenvalue weighted by atomic mass is 16.7. The lowest BCUT2D eigenvalue weighted by atomic mass is 10.1. The first-order valence-corrected chi connectivity index (χ1v) is 6.07. The highest BCUT2D eigenvalue weighted by molar-refractivity contribution is 6.00. The van der Waals surface area contributed by atoms with Gasteiger partial charge in [-0.05, 0) is 25.8 Å². The summed E-state index contributed by atoms with van der Waals surface area (Å²) < 4.78 is 0. The van der Waals surface area contributed by atoms with Crippen molar-refractivity contribution in [3.05, 3.63) is 35.5 Å². The van der Waals surface area contributed by atoms with Gasteiger partial charge in [0.2, 0.25) is 0 Å². The molecule has 1 aliphatic rings. The lowest BCUT2D eigenvalue weighted by molar-refractivity contribution is -0.145. The number of benzene rings is 1. The Bertz CT molecular complexity index is 624. The van der Waals surface area contributed by atoms with E-state index in [1.165, 1.54) is 0 Å². The summed E-state index contributed by atoms with van der Waals surface area (Å²) in [5, 5.41) is 4.88. The van der Waals surface area contributed by atoms with E-state index in [1.807, 2.05) is 31.2 Å². The van der Waals surface area contributed by atoms with Crippen LogP contribution in [0.2, 0.25) is 0 Å². The highest BCUT2D eigenvalue weighted by Gasteiger charge is 2.31. The van der Waals surface area contributed by atoms with Crippen molar-refractivity contribution in [2.24, 2.45) is 11.1 Å². The van der Waals surface area contributed by atoms with Crippen molar-refractivity contribution >= 4 is 23.1 Å². The average Bonchev–Trinajstić information content (AvgIpc) is 3.15. The number of para-hydroxylation sites is 1. The van der Waals surface area contributed by atoms with Crippen molar-refractivity contribution in [2.75, 3.05) is 0 Å². The Kier molecular flexibility index (Phi) is 2.63. The largest absolute Gasteiger partial charge is 0.358 e. The molecule has 3 rings (SSSR count). The Morgan fingerprint density at radius 3 is 3.00 bits per heavy atom. The van der Waals surface area contributed by atoms with Gasteiger partial charge in [0.1, 0.15) is 0 Å². The van der Waals surface area contributed by atoms with Gasteiger partial charge in [0, 0.05) is 22.2 Å². The summed E-state index contributed by atoms with van der Waals surface area (Å²) in [5.41, 5.74) is 3.04. The number of hydrogen-bond donors (Lipinski definition) is 1. The minimum absolute atomic E-state index is 0.0752.